The molecular weight excluding hydrogens is 258 g/mol. The lowest BCUT2D eigenvalue weighted by atomic mass is 10.0. The van der Waals surface area contributed by atoms with Crippen molar-refractivity contribution in [1.29, 1.82) is 0 Å². The zero-order chi connectivity index (χ0) is 15.1. The molecule has 2 heteroatoms. The molecule has 0 saturated heterocycles. The summed E-state index contributed by atoms with van der Waals surface area (Å²) in [6, 6.07) is 20.5. The molecule has 0 heterocycles. The molecule has 0 bridgehead atoms. The highest BCUT2D eigenvalue weighted by molar-refractivity contribution is 5.29. The Kier molecular flexibility index (Phi) is 5.97. The smallest absolute Gasteiger partial charge is 0.110 e. The molecule has 21 heavy (non-hydrogen) atoms. The molecule has 0 aromatic heterocycles. The molecule has 0 aliphatic heterocycles. The van der Waals surface area contributed by atoms with Crippen LogP contribution in [-0.4, -0.2) is 6.23 Å². The molecule has 0 saturated carbocycles. The van der Waals surface area contributed by atoms with E-state index in [-0.39, 0.29) is 12.3 Å². The van der Waals surface area contributed by atoms with Gasteiger partial charge < -0.3 is 10.5 Å². The Morgan fingerprint density at radius 3 is 1.81 bits per heavy atom. The van der Waals surface area contributed by atoms with E-state index in [1.54, 1.807) is 0 Å². The lowest BCUT2D eigenvalue weighted by Gasteiger charge is -2.25. The van der Waals surface area contributed by atoms with Gasteiger partial charge in [0.25, 0.3) is 0 Å². The summed E-state index contributed by atoms with van der Waals surface area (Å²) in [7, 11) is 0. The first-order valence-electron chi connectivity index (χ1n) is 7.71. The standard InChI is InChI=1S/C19H25NO/c1-3-15(2)14-18(20)21-19(16-10-6-4-7-11-16)17-12-8-5-9-13-17/h4-13,15,18-19H,3,14,20H2,1-2H3. The molecule has 2 aromatic rings. The Morgan fingerprint density at radius 2 is 1.38 bits per heavy atom. The molecule has 0 fully saturated rings. The van der Waals surface area contributed by atoms with E-state index in [2.05, 4.69) is 38.1 Å². The van der Waals surface area contributed by atoms with Gasteiger partial charge in [0, 0.05) is 0 Å². The van der Waals surface area contributed by atoms with Gasteiger partial charge in [0.2, 0.25) is 0 Å². The zero-order valence-electron chi connectivity index (χ0n) is 12.9. The Labute approximate surface area is 127 Å². The fraction of sp³-hybridized carbons (Fsp3) is 0.368. The predicted molar refractivity (Wildman–Crippen MR) is 87.9 cm³/mol. The van der Waals surface area contributed by atoms with Crippen molar-refractivity contribution in [3.63, 3.8) is 0 Å². The maximum Gasteiger partial charge on any atom is 0.110 e. The van der Waals surface area contributed by atoms with E-state index in [4.69, 9.17) is 10.5 Å². The molecule has 0 spiro atoms. The van der Waals surface area contributed by atoms with E-state index in [1.165, 1.54) is 0 Å². The van der Waals surface area contributed by atoms with Crippen LogP contribution in [0.3, 0.4) is 0 Å². The van der Waals surface area contributed by atoms with Gasteiger partial charge in [0.1, 0.15) is 12.3 Å². The van der Waals surface area contributed by atoms with Gasteiger partial charge in [0.15, 0.2) is 0 Å². The molecule has 0 radical (unpaired) electrons. The van der Waals surface area contributed by atoms with Gasteiger partial charge in [-0.3, -0.25) is 0 Å². The summed E-state index contributed by atoms with van der Waals surface area (Å²) >= 11 is 0. The fourth-order valence-electron chi connectivity index (χ4n) is 2.40. The SMILES string of the molecule is CCC(C)CC(N)OC(c1ccccc1)c1ccccc1. The van der Waals surface area contributed by atoms with Crippen molar-refractivity contribution in [2.24, 2.45) is 11.7 Å². The quantitative estimate of drug-likeness (QED) is 0.759. The Balaban J connectivity index is 2.17. The van der Waals surface area contributed by atoms with Crippen LogP contribution < -0.4 is 5.73 Å². The molecule has 0 amide bonds. The number of benzene rings is 2. The Morgan fingerprint density at radius 1 is 0.905 bits per heavy atom. The summed E-state index contributed by atoms with van der Waals surface area (Å²) in [5.74, 6) is 0.576. The van der Waals surface area contributed by atoms with E-state index >= 15 is 0 Å². The summed E-state index contributed by atoms with van der Waals surface area (Å²) in [4.78, 5) is 0. The average Bonchev–Trinajstić information content (AvgIpc) is 2.54. The van der Waals surface area contributed by atoms with Crippen molar-refractivity contribution in [3.05, 3.63) is 71.8 Å². The minimum atomic E-state index is -0.245. The fourth-order valence-corrected chi connectivity index (χ4v) is 2.40. The molecule has 0 aliphatic rings. The van der Waals surface area contributed by atoms with Crippen LogP contribution in [0.15, 0.2) is 60.7 Å². The van der Waals surface area contributed by atoms with Crippen LogP contribution in [0.1, 0.15) is 43.9 Å². The second-order valence-corrected chi connectivity index (χ2v) is 5.63. The number of nitrogens with two attached hydrogens (primary N) is 1. The highest BCUT2D eigenvalue weighted by Gasteiger charge is 2.19. The third-order valence-corrected chi connectivity index (χ3v) is 3.85. The van der Waals surface area contributed by atoms with Crippen LogP contribution in [0, 0.1) is 5.92 Å². The molecule has 2 unspecified atom stereocenters. The van der Waals surface area contributed by atoms with Crippen LogP contribution in [0.2, 0.25) is 0 Å². The number of ether oxygens (including phenoxy) is 1. The molecule has 112 valence electrons. The maximum atomic E-state index is 6.20. The first-order valence-corrected chi connectivity index (χ1v) is 7.71. The molecule has 2 atom stereocenters. The number of hydrogen-bond donors (Lipinski definition) is 1. The van der Waals surface area contributed by atoms with Crippen LogP contribution in [0.5, 0.6) is 0 Å². The third-order valence-electron chi connectivity index (χ3n) is 3.85. The van der Waals surface area contributed by atoms with E-state index in [0.717, 1.165) is 24.0 Å². The highest BCUT2D eigenvalue weighted by atomic mass is 16.5. The minimum Gasteiger partial charge on any atom is -0.351 e. The third kappa shape index (κ3) is 4.69. The van der Waals surface area contributed by atoms with Gasteiger partial charge in [-0.2, -0.15) is 0 Å². The van der Waals surface area contributed by atoms with E-state index < -0.39 is 0 Å². The average molecular weight is 283 g/mol. The molecule has 2 N–H and O–H groups in total. The normalized spacial score (nSPS) is 14.1. The maximum absolute atomic E-state index is 6.20. The van der Waals surface area contributed by atoms with Crippen molar-refractivity contribution in [2.75, 3.05) is 0 Å². The van der Waals surface area contributed by atoms with Gasteiger partial charge >= 0.3 is 0 Å². The van der Waals surface area contributed by atoms with E-state index in [9.17, 15) is 0 Å². The Hall–Kier alpha value is -1.64. The lowest BCUT2D eigenvalue weighted by molar-refractivity contribution is -0.000689. The van der Waals surface area contributed by atoms with Gasteiger partial charge in [-0.25, -0.2) is 0 Å². The first-order chi connectivity index (χ1) is 10.2. The summed E-state index contributed by atoms with van der Waals surface area (Å²) in [6.07, 6.45) is 1.65. The Bertz CT molecular complexity index is 472. The molecular formula is C19H25NO. The summed E-state index contributed by atoms with van der Waals surface area (Å²) in [5.41, 5.74) is 8.49. The van der Waals surface area contributed by atoms with Crippen molar-refractivity contribution in [2.45, 2.75) is 39.0 Å². The highest BCUT2D eigenvalue weighted by Crippen LogP contribution is 2.27. The van der Waals surface area contributed by atoms with Crippen LogP contribution in [-0.2, 0) is 4.74 Å². The summed E-state index contributed by atoms with van der Waals surface area (Å²) < 4.78 is 6.17. The topological polar surface area (TPSA) is 35.2 Å². The monoisotopic (exact) mass is 283 g/mol. The van der Waals surface area contributed by atoms with Gasteiger partial charge in [-0.1, -0.05) is 80.9 Å². The predicted octanol–water partition coefficient (Wildman–Crippen LogP) is 4.51. The molecule has 2 rings (SSSR count). The van der Waals surface area contributed by atoms with Gasteiger partial charge in [-0.15, -0.1) is 0 Å². The second-order valence-electron chi connectivity index (χ2n) is 5.63. The van der Waals surface area contributed by atoms with Crippen molar-refractivity contribution < 1.29 is 4.74 Å². The van der Waals surface area contributed by atoms with Crippen LogP contribution in [0.4, 0.5) is 0 Å². The van der Waals surface area contributed by atoms with E-state index in [1.807, 2.05) is 36.4 Å². The van der Waals surface area contributed by atoms with Crippen molar-refractivity contribution in [3.8, 4) is 0 Å². The molecule has 2 aromatic carbocycles. The van der Waals surface area contributed by atoms with Crippen LogP contribution >= 0.6 is 0 Å². The second kappa shape index (κ2) is 7.96. The summed E-state index contributed by atoms with van der Waals surface area (Å²) in [6.45, 7) is 4.40. The van der Waals surface area contributed by atoms with E-state index in [0.29, 0.717) is 5.92 Å². The van der Waals surface area contributed by atoms with Gasteiger partial charge in [-0.05, 0) is 23.5 Å². The lowest BCUT2D eigenvalue weighted by Crippen LogP contribution is -2.28. The first kappa shape index (κ1) is 15.7. The minimum absolute atomic E-state index is 0.105. The largest absolute Gasteiger partial charge is 0.351 e. The van der Waals surface area contributed by atoms with Crippen molar-refractivity contribution in [1.82, 2.24) is 0 Å². The van der Waals surface area contributed by atoms with Gasteiger partial charge in [0.05, 0.1) is 0 Å². The summed E-state index contributed by atoms with van der Waals surface area (Å²) in [5, 5.41) is 0. The number of hydrogen-bond acceptors (Lipinski definition) is 2. The molecule has 0 aliphatic carbocycles. The zero-order valence-corrected chi connectivity index (χ0v) is 12.9. The number of rotatable bonds is 7. The molecule has 2 nitrogen and oxygen atoms in total. The van der Waals surface area contributed by atoms with Crippen molar-refractivity contribution >= 4 is 0 Å². The van der Waals surface area contributed by atoms with Crippen LogP contribution in [0.25, 0.3) is 0 Å².